The highest BCUT2D eigenvalue weighted by atomic mass is 16.1. The number of nitrogens with two attached hydrogens (primary N) is 2. The van der Waals surface area contributed by atoms with Gasteiger partial charge in [0.25, 0.3) is 0 Å². The minimum absolute atomic E-state index is 0.173. The van der Waals surface area contributed by atoms with Crippen molar-refractivity contribution >= 4 is 17.7 Å². The number of carbonyl (C=O) groups is 1. The smallest absolute Gasteiger partial charge is 0.239 e. The maximum Gasteiger partial charge on any atom is 0.239 e. The lowest BCUT2D eigenvalue weighted by Gasteiger charge is -2.30. The Bertz CT molecular complexity index is 458. The number of hydrazine groups is 1. The fourth-order valence-electron chi connectivity index (χ4n) is 2.55. The minimum atomic E-state index is -0.354. The third-order valence-corrected chi connectivity index (χ3v) is 3.44. The molecule has 1 fully saturated rings. The summed E-state index contributed by atoms with van der Waals surface area (Å²) in [5, 5.41) is 0. The minimum Gasteiger partial charge on any atom is -0.368 e. The van der Waals surface area contributed by atoms with Crippen LogP contribution in [0.4, 0.5) is 11.8 Å². The largest absolute Gasteiger partial charge is 0.368 e. The van der Waals surface area contributed by atoms with Crippen LogP contribution in [0.1, 0.15) is 31.2 Å². The van der Waals surface area contributed by atoms with E-state index in [4.69, 9.17) is 11.6 Å². The van der Waals surface area contributed by atoms with Crippen LogP contribution in [0.25, 0.3) is 0 Å². The molecule has 0 unspecified atom stereocenters. The second-order valence-corrected chi connectivity index (χ2v) is 4.88. The summed E-state index contributed by atoms with van der Waals surface area (Å²) in [6.07, 6.45) is 6.16. The molecule has 1 aliphatic carbocycles. The quantitative estimate of drug-likeness (QED) is 0.521. The van der Waals surface area contributed by atoms with Crippen LogP contribution in [0.3, 0.4) is 0 Å². The van der Waals surface area contributed by atoms with Crippen molar-refractivity contribution in [3.05, 3.63) is 11.8 Å². The van der Waals surface area contributed by atoms with E-state index in [9.17, 15) is 4.79 Å². The fraction of sp³-hybridized carbons (Fsp3) is 0.583. The monoisotopic (exact) mass is 264 g/mol. The molecule has 1 aliphatic rings. The molecule has 0 radical (unpaired) electrons. The zero-order valence-corrected chi connectivity index (χ0v) is 11.1. The van der Waals surface area contributed by atoms with E-state index in [2.05, 4.69) is 15.4 Å². The van der Waals surface area contributed by atoms with Crippen LogP contribution in [0.2, 0.25) is 0 Å². The Kier molecular flexibility index (Phi) is 4.16. The second kappa shape index (κ2) is 5.83. The van der Waals surface area contributed by atoms with Crippen LogP contribution in [0.5, 0.6) is 0 Å². The first-order valence-corrected chi connectivity index (χ1v) is 6.47. The molecule has 5 N–H and O–H groups in total. The number of nitrogens with one attached hydrogen (secondary N) is 1. The molecule has 7 heteroatoms. The van der Waals surface area contributed by atoms with Crippen LogP contribution in [-0.2, 0) is 4.79 Å². The van der Waals surface area contributed by atoms with Crippen LogP contribution in [-0.4, -0.2) is 28.5 Å². The lowest BCUT2D eigenvalue weighted by molar-refractivity contribution is -0.116. The van der Waals surface area contributed by atoms with E-state index in [-0.39, 0.29) is 12.5 Å². The third-order valence-electron chi connectivity index (χ3n) is 3.44. The van der Waals surface area contributed by atoms with Crippen molar-refractivity contribution in [2.45, 2.75) is 38.6 Å². The van der Waals surface area contributed by atoms with E-state index in [1.807, 2.05) is 11.8 Å². The topological polar surface area (TPSA) is 110 Å². The van der Waals surface area contributed by atoms with Crippen molar-refractivity contribution in [2.24, 2.45) is 11.6 Å². The van der Waals surface area contributed by atoms with Gasteiger partial charge in [0.2, 0.25) is 11.9 Å². The Hall–Kier alpha value is -1.89. The second-order valence-electron chi connectivity index (χ2n) is 4.88. The molecule has 7 nitrogen and oxygen atoms in total. The normalized spacial score (nSPS) is 15.5. The highest BCUT2D eigenvalue weighted by Gasteiger charge is 2.26. The van der Waals surface area contributed by atoms with Gasteiger partial charge in [0.1, 0.15) is 5.82 Å². The lowest BCUT2D eigenvalue weighted by Crippen LogP contribution is -2.41. The van der Waals surface area contributed by atoms with Crippen molar-refractivity contribution < 1.29 is 4.79 Å². The van der Waals surface area contributed by atoms with Gasteiger partial charge < -0.3 is 10.6 Å². The van der Waals surface area contributed by atoms with Gasteiger partial charge in [-0.3, -0.25) is 10.2 Å². The molecule has 104 valence electrons. The number of nitrogen functional groups attached to an aromatic ring is 1. The summed E-state index contributed by atoms with van der Waals surface area (Å²) in [5.74, 6) is 6.06. The average molecular weight is 264 g/mol. The molecule has 0 aromatic carbocycles. The van der Waals surface area contributed by atoms with Crippen LogP contribution in [0, 0.1) is 6.92 Å². The number of aromatic nitrogens is 2. The standard InChI is InChI=1S/C12H20N6O/c1-8-6-15-12(17-14)16-11(8)18(7-10(13)19)9-4-2-3-5-9/h6,9H,2-5,7,14H2,1H3,(H2,13,19)(H,15,16,17). The zero-order valence-electron chi connectivity index (χ0n) is 11.1. The molecule has 0 atom stereocenters. The molecule has 1 aromatic heterocycles. The van der Waals surface area contributed by atoms with E-state index in [0.717, 1.165) is 24.2 Å². The van der Waals surface area contributed by atoms with Crippen molar-refractivity contribution in [1.29, 1.82) is 0 Å². The first kappa shape index (κ1) is 13.5. The molecule has 1 amide bonds. The summed E-state index contributed by atoms with van der Waals surface area (Å²) in [6, 6.07) is 0.312. The highest BCUT2D eigenvalue weighted by Crippen LogP contribution is 2.29. The van der Waals surface area contributed by atoms with Crippen molar-refractivity contribution in [3.8, 4) is 0 Å². The molecule has 0 spiro atoms. The maximum absolute atomic E-state index is 11.3. The van der Waals surface area contributed by atoms with Crippen LogP contribution >= 0.6 is 0 Å². The molecule has 19 heavy (non-hydrogen) atoms. The van der Waals surface area contributed by atoms with Gasteiger partial charge in [-0.2, -0.15) is 4.98 Å². The average Bonchev–Trinajstić information content (AvgIpc) is 2.90. The summed E-state index contributed by atoms with van der Waals surface area (Å²) in [4.78, 5) is 21.7. The van der Waals surface area contributed by atoms with Gasteiger partial charge in [-0.15, -0.1) is 0 Å². The number of aryl methyl sites for hydroxylation is 1. The van der Waals surface area contributed by atoms with Gasteiger partial charge in [-0.05, 0) is 19.8 Å². The Morgan fingerprint density at radius 3 is 2.79 bits per heavy atom. The number of hydrogen-bond acceptors (Lipinski definition) is 6. The van der Waals surface area contributed by atoms with Crippen molar-refractivity contribution in [1.82, 2.24) is 9.97 Å². The Balaban J connectivity index is 2.33. The molecule has 1 aromatic rings. The number of hydrogen-bond donors (Lipinski definition) is 3. The molecule has 0 saturated heterocycles. The molecule has 1 heterocycles. The first-order valence-electron chi connectivity index (χ1n) is 6.47. The summed E-state index contributed by atoms with van der Waals surface area (Å²) in [7, 11) is 0. The van der Waals surface area contributed by atoms with Gasteiger partial charge in [0, 0.05) is 17.8 Å². The van der Waals surface area contributed by atoms with Gasteiger partial charge >= 0.3 is 0 Å². The number of anilines is 2. The van der Waals surface area contributed by atoms with Crippen molar-refractivity contribution in [3.63, 3.8) is 0 Å². The number of carbonyl (C=O) groups excluding carboxylic acids is 1. The van der Waals surface area contributed by atoms with Crippen molar-refractivity contribution in [2.75, 3.05) is 16.9 Å². The number of primary amides is 1. The number of nitrogens with zero attached hydrogens (tertiary/aromatic N) is 3. The molecule has 2 rings (SSSR count). The van der Waals surface area contributed by atoms with E-state index in [1.54, 1.807) is 6.20 Å². The first-order chi connectivity index (χ1) is 9.11. The lowest BCUT2D eigenvalue weighted by atomic mass is 10.2. The van der Waals surface area contributed by atoms with Crippen LogP contribution < -0.4 is 21.9 Å². The Morgan fingerprint density at radius 2 is 2.21 bits per heavy atom. The van der Waals surface area contributed by atoms with E-state index in [0.29, 0.717) is 12.0 Å². The van der Waals surface area contributed by atoms with Gasteiger partial charge in [-0.25, -0.2) is 10.8 Å². The fourth-order valence-corrected chi connectivity index (χ4v) is 2.55. The summed E-state index contributed by atoms with van der Waals surface area (Å²) < 4.78 is 0. The van der Waals surface area contributed by atoms with Gasteiger partial charge in [0.15, 0.2) is 0 Å². The van der Waals surface area contributed by atoms with E-state index in [1.165, 1.54) is 12.8 Å². The predicted octanol–water partition coefficient (Wildman–Crippen LogP) is 0.305. The zero-order chi connectivity index (χ0) is 13.8. The molecule has 0 bridgehead atoms. The molecule has 0 aliphatic heterocycles. The van der Waals surface area contributed by atoms with Gasteiger partial charge in [0.05, 0.1) is 6.54 Å². The SMILES string of the molecule is Cc1cnc(NN)nc1N(CC(N)=O)C1CCCC1. The molecular weight excluding hydrogens is 244 g/mol. The van der Waals surface area contributed by atoms with Crippen LogP contribution in [0.15, 0.2) is 6.20 Å². The number of rotatable bonds is 5. The van der Waals surface area contributed by atoms with E-state index >= 15 is 0 Å². The Labute approximate surface area is 112 Å². The Morgan fingerprint density at radius 1 is 1.53 bits per heavy atom. The molecule has 1 saturated carbocycles. The third kappa shape index (κ3) is 3.11. The number of amides is 1. The van der Waals surface area contributed by atoms with E-state index < -0.39 is 0 Å². The summed E-state index contributed by atoms with van der Waals surface area (Å²) in [6.45, 7) is 2.09. The summed E-state index contributed by atoms with van der Waals surface area (Å²) in [5.41, 5.74) is 8.69. The predicted molar refractivity (Wildman–Crippen MR) is 73.4 cm³/mol. The van der Waals surface area contributed by atoms with Gasteiger partial charge in [-0.1, -0.05) is 12.8 Å². The highest BCUT2D eigenvalue weighted by molar-refractivity contribution is 5.79. The molecular formula is C12H20N6O. The maximum atomic E-state index is 11.3. The summed E-state index contributed by atoms with van der Waals surface area (Å²) >= 11 is 0.